The van der Waals surface area contributed by atoms with Crippen molar-refractivity contribution in [1.82, 2.24) is 25.4 Å². The summed E-state index contributed by atoms with van der Waals surface area (Å²) in [4.78, 5) is 6.75. The Morgan fingerprint density at radius 1 is 1.34 bits per heavy atom. The van der Waals surface area contributed by atoms with E-state index in [0.717, 1.165) is 56.7 Å². The molecule has 0 spiro atoms. The molecule has 0 aliphatic carbocycles. The van der Waals surface area contributed by atoms with E-state index < -0.39 is 0 Å². The quantitative estimate of drug-likeness (QED) is 0.320. The van der Waals surface area contributed by atoms with Gasteiger partial charge in [-0.25, -0.2) is 0 Å². The first-order valence-electron chi connectivity index (χ1n) is 9.93. The molecule has 0 bridgehead atoms. The van der Waals surface area contributed by atoms with Crippen LogP contribution in [0.2, 0.25) is 0 Å². The zero-order valence-corrected chi connectivity index (χ0v) is 19.8. The maximum atomic E-state index is 5.34. The molecule has 3 rings (SSSR count). The minimum Gasteiger partial charge on any atom is -0.497 e. The summed E-state index contributed by atoms with van der Waals surface area (Å²) >= 11 is 0. The monoisotopic (exact) mass is 513 g/mol. The molecule has 1 unspecified atom stereocenters. The topological polar surface area (TPSA) is 79.6 Å². The number of ether oxygens (including phenoxy) is 1. The van der Waals surface area contributed by atoms with E-state index in [-0.39, 0.29) is 24.0 Å². The first kappa shape index (κ1) is 23.2. The molecule has 1 aliphatic heterocycles. The number of aryl methyl sites for hydroxylation is 1. The van der Waals surface area contributed by atoms with Crippen LogP contribution in [0.1, 0.15) is 19.2 Å². The highest BCUT2D eigenvalue weighted by atomic mass is 127. The molecule has 0 amide bonds. The average Bonchev–Trinajstić information content (AvgIpc) is 3.39. The summed E-state index contributed by atoms with van der Waals surface area (Å²) in [7, 11) is 3.52. The van der Waals surface area contributed by atoms with Gasteiger partial charge in [0.15, 0.2) is 5.96 Å². The fourth-order valence-electron chi connectivity index (χ4n) is 3.54. The van der Waals surface area contributed by atoms with Gasteiger partial charge in [0.05, 0.1) is 7.11 Å². The van der Waals surface area contributed by atoms with Crippen molar-refractivity contribution >= 4 is 35.6 Å². The maximum Gasteiger partial charge on any atom is 0.191 e. The smallest absolute Gasteiger partial charge is 0.191 e. The molecular weight excluding hydrogens is 481 g/mol. The van der Waals surface area contributed by atoms with Crippen molar-refractivity contribution in [2.45, 2.75) is 26.3 Å². The van der Waals surface area contributed by atoms with Crippen molar-refractivity contribution in [3.63, 3.8) is 0 Å². The molecule has 2 aromatic rings. The maximum absolute atomic E-state index is 5.34. The van der Waals surface area contributed by atoms with Crippen molar-refractivity contribution in [2.24, 2.45) is 10.9 Å². The molecule has 2 heterocycles. The van der Waals surface area contributed by atoms with Gasteiger partial charge in [-0.15, -0.1) is 34.2 Å². The predicted octanol–water partition coefficient (Wildman–Crippen LogP) is 2.16. The van der Waals surface area contributed by atoms with E-state index in [0.29, 0.717) is 5.92 Å². The van der Waals surface area contributed by atoms with Crippen LogP contribution < -0.4 is 20.3 Å². The number of nitrogens with zero attached hydrogens (tertiary/aromatic N) is 5. The normalized spacial score (nSPS) is 16.4. The van der Waals surface area contributed by atoms with Crippen LogP contribution >= 0.6 is 24.0 Å². The number of halogens is 1. The summed E-state index contributed by atoms with van der Waals surface area (Å²) in [6.45, 7) is 6.71. The van der Waals surface area contributed by atoms with E-state index in [9.17, 15) is 0 Å². The summed E-state index contributed by atoms with van der Waals surface area (Å²) in [6, 6.07) is 8.28. The second-order valence-corrected chi connectivity index (χ2v) is 6.98. The van der Waals surface area contributed by atoms with Crippen molar-refractivity contribution in [2.75, 3.05) is 45.2 Å². The van der Waals surface area contributed by atoms with Gasteiger partial charge in [0.2, 0.25) is 0 Å². The van der Waals surface area contributed by atoms with Crippen molar-refractivity contribution < 1.29 is 4.74 Å². The van der Waals surface area contributed by atoms with Gasteiger partial charge in [0.25, 0.3) is 0 Å². The molecule has 2 N–H and O–H groups in total. The fraction of sp³-hybridized carbons (Fsp3) is 0.550. The van der Waals surface area contributed by atoms with Crippen LogP contribution in [0.3, 0.4) is 0 Å². The van der Waals surface area contributed by atoms with Crippen LogP contribution in [0, 0.1) is 5.92 Å². The van der Waals surface area contributed by atoms with Gasteiger partial charge in [-0.3, -0.25) is 4.99 Å². The molecule has 9 heteroatoms. The number of hydrogen-bond acceptors (Lipinski definition) is 5. The number of nitrogens with one attached hydrogen (secondary N) is 2. The number of guanidine groups is 1. The Hall–Kier alpha value is -2.04. The summed E-state index contributed by atoms with van der Waals surface area (Å²) in [6.07, 6.45) is 3.84. The third-order valence-electron chi connectivity index (χ3n) is 5.14. The third kappa shape index (κ3) is 6.48. The fourth-order valence-corrected chi connectivity index (χ4v) is 3.54. The highest BCUT2D eigenvalue weighted by Gasteiger charge is 2.23. The number of rotatable bonds is 8. The lowest BCUT2D eigenvalue weighted by Gasteiger charge is -2.20. The molecule has 0 saturated carbocycles. The molecule has 1 fully saturated rings. The lowest BCUT2D eigenvalue weighted by molar-refractivity contribution is 0.415. The van der Waals surface area contributed by atoms with Crippen LogP contribution in [0.25, 0.3) is 0 Å². The Balaban J connectivity index is 0.00000300. The van der Waals surface area contributed by atoms with Crippen LogP contribution in [-0.2, 0) is 13.0 Å². The number of anilines is 1. The Bertz CT molecular complexity index is 780. The zero-order chi connectivity index (χ0) is 19.8. The average molecular weight is 513 g/mol. The molecule has 1 aliphatic rings. The molecule has 29 heavy (non-hydrogen) atoms. The number of benzene rings is 1. The van der Waals surface area contributed by atoms with E-state index in [1.54, 1.807) is 13.4 Å². The standard InChI is InChI=1S/C20H31N7O.HI/c1-4-19-25-24-15-27(19)11-9-22-20(21-2)23-13-16-8-10-26(14-16)17-6-5-7-18(12-17)28-3;/h5-7,12,15-16H,4,8-11,13-14H2,1-3H3,(H2,21,22,23);1H. The highest BCUT2D eigenvalue weighted by molar-refractivity contribution is 14.0. The molecule has 1 saturated heterocycles. The predicted molar refractivity (Wildman–Crippen MR) is 127 cm³/mol. The van der Waals surface area contributed by atoms with Gasteiger partial charge in [-0.1, -0.05) is 13.0 Å². The van der Waals surface area contributed by atoms with E-state index >= 15 is 0 Å². The first-order valence-corrected chi connectivity index (χ1v) is 9.93. The van der Waals surface area contributed by atoms with Crippen molar-refractivity contribution in [3.8, 4) is 5.75 Å². The number of methoxy groups -OCH3 is 1. The number of aromatic nitrogens is 3. The Kier molecular flexibility index (Phi) is 9.49. The van der Waals surface area contributed by atoms with E-state index in [1.165, 1.54) is 12.1 Å². The highest BCUT2D eigenvalue weighted by Crippen LogP contribution is 2.26. The molecule has 1 aromatic heterocycles. The van der Waals surface area contributed by atoms with Crippen LogP contribution in [-0.4, -0.2) is 61.1 Å². The summed E-state index contributed by atoms with van der Waals surface area (Å²) in [5.74, 6) is 3.34. The van der Waals surface area contributed by atoms with E-state index in [4.69, 9.17) is 4.74 Å². The molecule has 160 valence electrons. The molecule has 8 nitrogen and oxygen atoms in total. The lowest BCUT2D eigenvalue weighted by Crippen LogP contribution is -2.41. The molecule has 1 aromatic carbocycles. The van der Waals surface area contributed by atoms with Crippen LogP contribution in [0.5, 0.6) is 5.75 Å². The summed E-state index contributed by atoms with van der Waals surface area (Å²) in [5.41, 5.74) is 1.23. The number of aliphatic imine (C=N–C) groups is 1. The van der Waals surface area contributed by atoms with Crippen LogP contribution in [0.4, 0.5) is 5.69 Å². The van der Waals surface area contributed by atoms with E-state index in [2.05, 4.69) is 54.3 Å². The SMILES string of the molecule is CCc1nncn1CCNC(=NC)NCC1CCN(c2cccc(OC)c2)C1.I. The Labute approximate surface area is 190 Å². The zero-order valence-electron chi connectivity index (χ0n) is 17.5. The molecule has 1 atom stereocenters. The van der Waals surface area contributed by atoms with Gasteiger partial charge < -0.3 is 24.8 Å². The minimum atomic E-state index is 0. The van der Waals surface area contributed by atoms with Gasteiger partial charge in [0.1, 0.15) is 17.9 Å². The second kappa shape index (κ2) is 11.8. The molecular formula is C20H32IN7O. The number of hydrogen-bond donors (Lipinski definition) is 2. The summed E-state index contributed by atoms with van der Waals surface area (Å²) in [5, 5.41) is 14.9. The van der Waals surface area contributed by atoms with Gasteiger partial charge in [-0.05, 0) is 24.5 Å². The first-order chi connectivity index (χ1) is 13.7. The Morgan fingerprint density at radius 3 is 2.97 bits per heavy atom. The second-order valence-electron chi connectivity index (χ2n) is 6.98. The van der Waals surface area contributed by atoms with Gasteiger partial charge in [-0.2, -0.15) is 0 Å². The van der Waals surface area contributed by atoms with Gasteiger partial charge in [0, 0.05) is 57.9 Å². The third-order valence-corrected chi connectivity index (χ3v) is 5.14. The lowest BCUT2D eigenvalue weighted by atomic mass is 10.1. The Morgan fingerprint density at radius 2 is 2.21 bits per heavy atom. The van der Waals surface area contributed by atoms with Crippen molar-refractivity contribution in [3.05, 3.63) is 36.4 Å². The van der Waals surface area contributed by atoms with Crippen LogP contribution in [0.15, 0.2) is 35.6 Å². The summed E-state index contributed by atoms with van der Waals surface area (Å²) < 4.78 is 7.41. The largest absolute Gasteiger partial charge is 0.497 e. The molecule has 0 radical (unpaired) electrons. The minimum absolute atomic E-state index is 0. The van der Waals surface area contributed by atoms with Gasteiger partial charge >= 0.3 is 0 Å². The van der Waals surface area contributed by atoms with Crippen molar-refractivity contribution in [1.29, 1.82) is 0 Å². The van der Waals surface area contributed by atoms with E-state index in [1.807, 2.05) is 19.2 Å².